The van der Waals surface area contributed by atoms with E-state index >= 15 is 0 Å². The molecule has 1 saturated heterocycles. The van der Waals surface area contributed by atoms with Gasteiger partial charge in [0.25, 0.3) is 0 Å². The Labute approximate surface area is 351 Å². The molecule has 0 spiro atoms. The van der Waals surface area contributed by atoms with Crippen LogP contribution in [0.15, 0.2) is 109 Å². The van der Waals surface area contributed by atoms with E-state index in [1.807, 2.05) is 12.2 Å². The maximum absolute atomic E-state index is 12.7. The second-order valence-corrected chi connectivity index (χ2v) is 14.4. The molecule has 1 heterocycles. The average Bonchev–Trinajstić information content (AvgIpc) is 3.22. The van der Waals surface area contributed by atoms with E-state index in [1.54, 1.807) is 0 Å². The summed E-state index contributed by atoms with van der Waals surface area (Å²) in [6.45, 7) is 4.17. The SMILES string of the molecule is CC/C=C\C/C=C\C/C=C\C/C=C\C/C=C\C/C=C\CCC(=O)OC(COCCCCCCCC/C=C\C/C=C\C/C=C\CC)COC1OC(CO)C(O)C(O)C1O. The summed E-state index contributed by atoms with van der Waals surface area (Å²) < 4.78 is 22.7. The van der Waals surface area contributed by atoms with Gasteiger partial charge in [0, 0.05) is 13.0 Å². The minimum Gasteiger partial charge on any atom is -0.457 e. The number of unbranched alkanes of at least 4 members (excludes halogenated alkanes) is 6. The van der Waals surface area contributed by atoms with Crippen molar-refractivity contribution in [3.63, 3.8) is 0 Å². The Morgan fingerprint density at radius 2 is 1.00 bits per heavy atom. The van der Waals surface area contributed by atoms with Crippen LogP contribution in [-0.2, 0) is 23.7 Å². The molecular weight excluding hydrogens is 733 g/mol. The maximum Gasteiger partial charge on any atom is 0.306 e. The summed E-state index contributed by atoms with van der Waals surface area (Å²) in [6, 6.07) is 0. The largest absolute Gasteiger partial charge is 0.457 e. The first-order valence-corrected chi connectivity index (χ1v) is 22.0. The lowest BCUT2D eigenvalue weighted by atomic mass is 9.99. The van der Waals surface area contributed by atoms with Crippen LogP contribution in [0.25, 0.3) is 0 Å². The number of hydrogen-bond acceptors (Lipinski definition) is 9. The third kappa shape index (κ3) is 30.0. The first-order chi connectivity index (χ1) is 28.4. The minimum atomic E-state index is -1.56. The predicted molar refractivity (Wildman–Crippen MR) is 237 cm³/mol. The van der Waals surface area contributed by atoms with Crippen molar-refractivity contribution in [1.82, 2.24) is 0 Å². The van der Waals surface area contributed by atoms with Crippen LogP contribution in [0.4, 0.5) is 0 Å². The van der Waals surface area contributed by atoms with E-state index in [1.165, 1.54) is 19.3 Å². The number of ether oxygens (including phenoxy) is 4. The minimum absolute atomic E-state index is 0.0973. The van der Waals surface area contributed by atoms with E-state index in [9.17, 15) is 25.2 Å². The quantitative estimate of drug-likeness (QED) is 0.0280. The van der Waals surface area contributed by atoms with Crippen molar-refractivity contribution in [2.24, 2.45) is 0 Å². The summed E-state index contributed by atoms with van der Waals surface area (Å²) in [5, 5.41) is 40.1. The maximum atomic E-state index is 12.7. The molecule has 0 aromatic heterocycles. The number of carbonyl (C=O) groups is 1. The lowest BCUT2D eigenvalue weighted by Crippen LogP contribution is -2.59. The monoisotopic (exact) mass is 811 g/mol. The zero-order valence-corrected chi connectivity index (χ0v) is 35.7. The number of esters is 1. The highest BCUT2D eigenvalue weighted by Gasteiger charge is 2.44. The standard InChI is InChI=1S/C49H78O9/c1-3-5-7-9-11-13-15-17-19-21-22-23-24-26-28-30-32-34-36-38-45(51)57-43(42-56-49-48(54)47(53)46(52)44(40-50)58-49)41-55-39-37-35-33-31-29-27-25-20-18-16-14-12-10-8-6-4-2/h5-8,11-14,17-20,22-23,26,28,32,34,43-44,46-50,52-54H,3-4,9-10,15-16,21,24-25,27,29-31,33,35-42H2,1-2H3/b7-5-,8-6-,13-11-,14-12-,19-17-,20-18-,23-22-,28-26-,34-32-. The van der Waals surface area contributed by atoms with Crippen molar-refractivity contribution in [3.8, 4) is 0 Å². The summed E-state index contributed by atoms with van der Waals surface area (Å²) >= 11 is 0. The highest BCUT2D eigenvalue weighted by atomic mass is 16.7. The smallest absolute Gasteiger partial charge is 0.306 e. The fourth-order valence-corrected chi connectivity index (χ4v) is 5.82. The van der Waals surface area contributed by atoms with Crippen molar-refractivity contribution < 1.29 is 44.2 Å². The van der Waals surface area contributed by atoms with Gasteiger partial charge in [-0.1, -0.05) is 149 Å². The Bertz CT molecular complexity index is 1240. The third-order valence-corrected chi connectivity index (χ3v) is 9.20. The van der Waals surface area contributed by atoms with Crippen LogP contribution in [-0.4, -0.2) is 89.6 Å². The number of hydrogen-bond donors (Lipinski definition) is 4. The molecule has 0 radical (unpaired) electrons. The first-order valence-electron chi connectivity index (χ1n) is 22.0. The van der Waals surface area contributed by atoms with E-state index < -0.39 is 49.4 Å². The molecular formula is C49H78O9. The lowest BCUT2D eigenvalue weighted by Gasteiger charge is -2.39. The second kappa shape index (κ2) is 39.3. The van der Waals surface area contributed by atoms with E-state index in [0.29, 0.717) is 13.0 Å². The van der Waals surface area contributed by atoms with Crippen LogP contribution in [0.2, 0.25) is 0 Å². The highest BCUT2D eigenvalue weighted by Crippen LogP contribution is 2.22. The van der Waals surface area contributed by atoms with Crippen molar-refractivity contribution >= 4 is 5.97 Å². The molecule has 328 valence electrons. The molecule has 9 heteroatoms. The highest BCUT2D eigenvalue weighted by molar-refractivity contribution is 5.69. The van der Waals surface area contributed by atoms with Crippen molar-refractivity contribution in [2.45, 2.75) is 166 Å². The molecule has 0 aromatic rings. The van der Waals surface area contributed by atoms with E-state index in [0.717, 1.165) is 83.5 Å². The van der Waals surface area contributed by atoms with Crippen LogP contribution in [0.5, 0.6) is 0 Å². The molecule has 0 bridgehead atoms. The Morgan fingerprint density at radius 1 is 0.552 bits per heavy atom. The predicted octanol–water partition coefficient (Wildman–Crippen LogP) is 9.80. The Kier molecular flexibility index (Phi) is 35.8. The average molecular weight is 811 g/mol. The van der Waals surface area contributed by atoms with E-state index in [4.69, 9.17) is 18.9 Å². The molecule has 6 atom stereocenters. The van der Waals surface area contributed by atoms with Crippen LogP contribution < -0.4 is 0 Å². The van der Waals surface area contributed by atoms with Gasteiger partial charge in [0.1, 0.15) is 30.5 Å². The third-order valence-electron chi connectivity index (χ3n) is 9.20. The lowest BCUT2D eigenvalue weighted by molar-refractivity contribution is -0.305. The van der Waals surface area contributed by atoms with Gasteiger partial charge in [0.15, 0.2) is 6.29 Å². The second-order valence-electron chi connectivity index (χ2n) is 14.4. The van der Waals surface area contributed by atoms with Crippen LogP contribution in [0.1, 0.15) is 129 Å². The van der Waals surface area contributed by atoms with Crippen LogP contribution in [0, 0.1) is 0 Å². The van der Waals surface area contributed by atoms with Gasteiger partial charge in [-0.15, -0.1) is 0 Å². The molecule has 0 aromatic carbocycles. The normalized spacial score (nSPS) is 21.4. The zero-order valence-electron chi connectivity index (χ0n) is 35.7. The van der Waals surface area contributed by atoms with Gasteiger partial charge in [-0.2, -0.15) is 0 Å². The zero-order chi connectivity index (χ0) is 42.2. The number of aliphatic hydroxyl groups is 4. The topological polar surface area (TPSA) is 135 Å². The van der Waals surface area contributed by atoms with Crippen LogP contribution >= 0.6 is 0 Å². The molecule has 58 heavy (non-hydrogen) atoms. The number of allylic oxidation sites excluding steroid dienone is 18. The fraction of sp³-hybridized carbons (Fsp3) is 0.612. The fourth-order valence-electron chi connectivity index (χ4n) is 5.82. The van der Waals surface area contributed by atoms with Crippen molar-refractivity contribution in [2.75, 3.05) is 26.4 Å². The molecule has 0 amide bonds. The van der Waals surface area contributed by atoms with Gasteiger partial charge < -0.3 is 39.4 Å². The van der Waals surface area contributed by atoms with E-state index in [2.05, 4.69) is 111 Å². The Morgan fingerprint density at radius 3 is 1.50 bits per heavy atom. The Hall–Kier alpha value is -3.15. The molecule has 1 rings (SSSR count). The van der Waals surface area contributed by atoms with Crippen LogP contribution in [0.3, 0.4) is 0 Å². The van der Waals surface area contributed by atoms with Crippen molar-refractivity contribution in [3.05, 3.63) is 109 Å². The van der Waals surface area contributed by atoms with Gasteiger partial charge in [0.2, 0.25) is 0 Å². The van der Waals surface area contributed by atoms with Crippen molar-refractivity contribution in [1.29, 1.82) is 0 Å². The molecule has 1 fully saturated rings. The van der Waals surface area contributed by atoms with Gasteiger partial charge in [-0.25, -0.2) is 0 Å². The summed E-state index contributed by atoms with van der Waals surface area (Å²) in [5.41, 5.74) is 0. The van der Waals surface area contributed by atoms with Gasteiger partial charge >= 0.3 is 5.97 Å². The number of aliphatic hydroxyl groups excluding tert-OH is 4. The molecule has 0 saturated carbocycles. The Balaban J connectivity index is 2.36. The molecule has 0 aliphatic carbocycles. The van der Waals surface area contributed by atoms with Gasteiger partial charge in [0.05, 0.1) is 19.8 Å². The number of carbonyl (C=O) groups excluding carboxylic acids is 1. The number of rotatable bonds is 35. The molecule has 9 nitrogen and oxygen atoms in total. The molecule has 4 N–H and O–H groups in total. The summed E-state index contributed by atoms with van der Waals surface area (Å²) in [7, 11) is 0. The van der Waals surface area contributed by atoms with E-state index in [-0.39, 0.29) is 19.6 Å². The van der Waals surface area contributed by atoms with Gasteiger partial charge in [-0.3, -0.25) is 4.79 Å². The van der Waals surface area contributed by atoms with Gasteiger partial charge in [-0.05, 0) is 83.5 Å². The molecule has 1 aliphatic heterocycles. The summed E-state index contributed by atoms with van der Waals surface area (Å²) in [4.78, 5) is 12.7. The summed E-state index contributed by atoms with van der Waals surface area (Å²) in [6.07, 6.45) is 48.4. The molecule has 1 aliphatic rings. The molecule has 6 unspecified atom stereocenters. The summed E-state index contributed by atoms with van der Waals surface area (Å²) in [5.74, 6) is -0.406. The first kappa shape index (κ1) is 52.9.